The minimum atomic E-state index is -0.832. The largest absolute Gasteiger partial charge is 0.469 e. The Kier molecular flexibility index (Phi) is 6.52. The number of esters is 1. The molecule has 0 bridgehead atoms. The zero-order valence-corrected chi connectivity index (χ0v) is 14.0. The summed E-state index contributed by atoms with van der Waals surface area (Å²) in [7, 11) is 3.08. The molecule has 1 fully saturated rings. The predicted octanol–water partition coefficient (Wildman–Crippen LogP) is 1.97. The fourth-order valence-electron chi connectivity index (χ4n) is 2.88. The molecule has 1 saturated heterocycles. The second-order valence-corrected chi connectivity index (χ2v) is 5.72. The maximum atomic E-state index is 13.6. The number of carbonyl (C=O) groups excluding carboxylic acids is 1. The number of nitrogens with one attached hydrogen (secondary N) is 1. The Morgan fingerprint density at radius 1 is 1.38 bits per heavy atom. The van der Waals surface area contributed by atoms with Gasteiger partial charge in [-0.25, -0.2) is 8.78 Å². The monoisotopic (exact) mass is 339 g/mol. The number of ether oxygens (including phenoxy) is 1. The van der Waals surface area contributed by atoms with Gasteiger partial charge in [-0.15, -0.1) is 0 Å². The molecule has 0 radical (unpaired) electrons. The molecule has 0 atom stereocenters. The Morgan fingerprint density at radius 3 is 2.71 bits per heavy atom. The molecule has 7 heteroatoms. The van der Waals surface area contributed by atoms with Gasteiger partial charge in [0, 0.05) is 26.7 Å². The van der Waals surface area contributed by atoms with Crippen LogP contribution in [0.1, 0.15) is 18.4 Å². The number of halogens is 2. The number of methoxy groups -OCH3 is 1. The van der Waals surface area contributed by atoms with Crippen LogP contribution in [0, 0.1) is 17.6 Å². The van der Waals surface area contributed by atoms with E-state index in [-0.39, 0.29) is 11.9 Å². The topological polar surface area (TPSA) is 53.9 Å². The number of guanidine groups is 1. The molecule has 1 aliphatic heterocycles. The van der Waals surface area contributed by atoms with Crippen LogP contribution in [-0.2, 0) is 16.0 Å². The van der Waals surface area contributed by atoms with Crippen LogP contribution in [0.5, 0.6) is 0 Å². The lowest BCUT2D eigenvalue weighted by Crippen LogP contribution is -2.47. The van der Waals surface area contributed by atoms with Gasteiger partial charge in [0.15, 0.2) is 17.6 Å². The van der Waals surface area contributed by atoms with Gasteiger partial charge in [0.25, 0.3) is 0 Å². The van der Waals surface area contributed by atoms with E-state index in [4.69, 9.17) is 4.74 Å². The molecule has 1 N–H and O–H groups in total. The number of likely N-dealkylation sites (tertiary alicyclic amines) is 1. The number of piperidine rings is 1. The summed E-state index contributed by atoms with van der Waals surface area (Å²) in [5.41, 5.74) is 0.336. The minimum absolute atomic E-state index is 0.0641. The average molecular weight is 339 g/mol. The van der Waals surface area contributed by atoms with Crippen molar-refractivity contribution in [2.24, 2.45) is 10.9 Å². The molecule has 0 spiro atoms. The fraction of sp³-hybridized carbons (Fsp3) is 0.529. The first kappa shape index (κ1) is 18.2. The van der Waals surface area contributed by atoms with Crippen molar-refractivity contribution in [1.82, 2.24) is 10.2 Å². The third kappa shape index (κ3) is 4.43. The van der Waals surface area contributed by atoms with Crippen molar-refractivity contribution in [2.75, 3.05) is 33.8 Å². The molecule has 24 heavy (non-hydrogen) atoms. The quantitative estimate of drug-likeness (QED) is 0.518. The van der Waals surface area contributed by atoms with Gasteiger partial charge >= 0.3 is 5.97 Å². The van der Waals surface area contributed by atoms with Crippen LogP contribution in [0.3, 0.4) is 0 Å². The molecule has 0 saturated carbocycles. The first-order valence-corrected chi connectivity index (χ1v) is 8.03. The van der Waals surface area contributed by atoms with Gasteiger partial charge < -0.3 is 15.0 Å². The SMILES string of the molecule is CN=C(NCCc1cccc(F)c1F)N1CCC(C(=O)OC)CC1. The highest BCUT2D eigenvalue weighted by atomic mass is 19.2. The van der Waals surface area contributed by atoms with Gasteiger partial charge in [0.05, 0.1) is 13.0 Å². The van der Waals surface area contributed by atoms with Gasteiger partial charge in [-0.3, -0.25) is 9.79 Å². The van der Waals surface area contributed by atoms with E-state index in [1.165, 1.54) is 13.2 Å². The Hall–Kier alpha value is -2.18. The number of aliphatic imine (C=N–C) groups is 1. The molecular weight excluding hydrogens is 316 g/mol. The number of hydrogen-bond acceptors (Lipinski definition) is 3. The summed E-state index contributed by atoms with van der Waals surface area (Å²) in [5, 5.41) is 3.16. The lowest BCUT2D eigenvalue weighted by Gasteiger charge is -2.33. The lowest BCUT2D eigenvalue weighted by atomic mass is 9.97. The van der Waals surface area contributed by atoms with Gasteiger partial charge in [0.2, 0.25) is 0 Å². The summed E-state index contributed by atoms with van der Waals surface area (Å²) in [6, 6.07) is 4.18. The first-order valence-electron chi connectivity index (χ1n) is 8.03. The Labute approximate surface area is 140 Å². The molecule has 1 aromatic carbocycles. The molecule has 0 aliphatic carbocycles. The highest BCUT2D eigenvalue weighted by Gasteiger charge is 2.26. The van der Waals surface area contributed by atoms with Crippen molar-refractivity contribution in [3.05, 3.63) is 35.4 Å². The summed E-state index contributed by atoms with van der Waals surface area (Å²) in [6.07, 6.45) is 1.79. The van der Waals surface area contributed by atoms with Gasteiger partial charge in [-0.05, 0) is 30.9 Å². The van der Waals surface area contributed by atoms with E-state index >= 15 is 0 Å². The molecule has 2 rings (SSSR count). The van der Waals surface area contributed by atoms with Crippen LogP contribution in [0.25, 0.3) is 0 Å². The maximum absolute atomic E-state index is 13.6. The summed E-state index contributed by atoms with van der Waals surface area (Å²) < 4.78 is 31.6. The standard InChI is InChI=1S/C17H23F2N3O2/c1-20-17(22-10-7-13(8-11-22)16(23)24-2)21-9-6-12-4-3-5-14(18)15(12)19/h3-5,13H,6-11H2,1-2H3,(H,20,21). The third-order valence-electron chi connectivity index (χ3n) is 4.25. The van der Waals surface area contributed by atoms with Crippen molar-refractivity contribution in [3.8, 4) is 0 Å². The normalized spacial score (nSPS) is 16.2. The van der Waals surface area contributed by atoms with Crippen LogP contribution in [0.2, 0.25) is 0 Å². The van der Waals surface area contributed by atoms with Crippen LogP contribution in [0.4, 0.5) is 8.78 Å². The van der Waals surface area contributed by atoms with E-state index in [0.717, 1.165) is 6.07 Å². The zero-order chi connectivity index (χ0) is 17.5. The molecular formula is C17H23F2N3O2. The first-order chi connectivity index (χ1) is 11.6. The number of benzene rings is 1. The number of carbonyl (C=O) groups is 1. The zero-order valence-electron chi connectivity index (χ0n) is 14.0. The third-order valence-corrected chi connectivity index (χ3v) is 4.25. The van der Waals surface area contributed by atoms with Crippen molar-refractivity contribution in [3.63, 3.8) is 0 Å². The average Bonchev–Trinajstić information content (AvgIpc) is 2.61. The predicted molar refractivity (Wildman–Crippen MR) is 87.7 cm³/mol. The van der Waals surface area contributed by atoms with E-state index in [1.54, 1.807) is 13.1 Å². The van der Waals surface area contributed by atoms with Crippen LogP contribution < -0.4 is 5.32 Å². The van der Waals surface area contributed by atoms with Crippen molar-refractivity contribution >= 4 is 11.9 Å². The fourth-order valence-corrected chi connectivity index (χ4v) is 2.88. The van der Waals surface area contributed by atoms with Crippen molar-refractivity contribution < 1.29 is 18.3 Å². The number of rotatable bonds is 4. The smallest absolute Gasteiger partial charge is 0.308 e. The van der Waals surface area contributed by atoms with E-state index in [9.17, 15) is 13.6 Å². The van der Waals surface area contributed by atoms with Crippen LogP contribution in [-0.4, -0.2) is 50.6 Å². The molecule has 1 heterocycles. The second-order valence-electron chi connectivity index (χ2n) is 5.72. The van der Waals surface area contributed by atoms with Crippen molar-refractivity contribution in [1.29, 1.82) is 0 Å². The lowest BCUT2D eigenvalue weighted by molar-refractivity contribution is -0.146. The molecule has 1 aliphatic rings. The van der Waals surface area contributed by atoms with E-state index in [0.29, 0.717) is 50.4 Å². The van der Waals surface area contributed by atoms with E-state index in [1.807, 2.05) is 0 Å². The highest BCUT2D eigenvalue weighted by Crippen LogP contribution is 2.18. The summed E-state index contributed by atoms with van der Waals surface area (Å²) in [5.74, 6) is -1.16. The Bertz CT molecular complexity index is 599. The summed E-state index contributed by atoms with van der Waals surface area (Å²) in [4.78, 5) is 17.8. The second kappa shape index (κ2) is 8.61. The van der Waals surface area contributed by atoms with Crippen LogP contribution in [0.15, 0.2) is 23.2 Å². The van der Waals surface area contributed by atoms with Crippen LogP contribution >= 0.6 is 0 Å². The summed E-state index contributed by atoms with van der Waals surface area (Å²) >= 11 is 0. The highest BCUT2D eigenvalue weighted by molar-refractivity contribution is 5.80. The van der Waals surface area contributed by atoms with E-state index < -0.39 is 11.6 Å². The molecule has 5 nitrogen and oxygen atoms in total. The molecule has 1 aromatic rings. The molecule has 132 valence electrons. The Morgan fingerprint density at radius 2 is 2.08 bits per heavy atom. The van der Waals surface area contributed by atoms with E-state index in [2.05, 4.69) is 15.2 Å². The molecule has 0 unspecified atom stereocenters. The minimum Gasteiger partial charge on any atom is -0.469 e. The van der Waals surface area contributed by atoms with Gasteiger partial charge in [-0.2, -0.15) is 0 Å². The molecule has 0 aromatic heterocycles. The molecule has 0 amide bonds. The summed E-state index contributed by atoms with van der Waals surface area (Å²) in [6.45, 7) is 1.85. The Balaban J connectivity index is 1.83. The van der Waals surface area contributed by atoms with Gasteiger partial charge in [-0.1, -0.05) is 12.1 Å². The number of nitrogens with zero attached hydrogens (tertiary/aromatic N) is 2. The van der Waals surface area contributed by atoms with Crippen molar-refractivity contribution in [2.45, 2.75) is 19.3 Å². The maximum Gasteiger partial charge on any atom is 0.308 e. The van der Waals surface area contributed by atoms with Gasteiger partial charge in [0.1, 0.15) is 0 Å². The number of hydrogen-bond donors (Lipinski definition) is 1.